The van der Waals surface area contributed by atoms with Crippen molar-refractivity contribution in [3.05, 3.63) is 65.2 Å². The molecule has 26 heavy (non-hydrogen) atoms. The second-order valence-electron chi connectivity index (χ2n) is 5.86. The Morgan fingerprint density at radius 3 is 2.62 bits per heavy atom. The topological polar surface area (TPSA) is 66.9 Å². The molecule has 2 aromatic carbocycles. The zero-order chi connectivity index (χ0) is 18.4. The van der Waals surface area contributed by atoms with Gasteiger partial charge in [0.1, 0.15) is 0 Å². The highest BCUT2D eigenvalue weighted by atomic mass is 32.2. The number of hydrogen-bond donors (Lipinski definition) is 2. The van der Waals surface area contributed by atoms with Gasteiger partial charge in [-0.25, -0.2) is 0 Å². The monoisotopic (exact) mass is 384 g/mol. The third kappa shape index (κ3) is 5.31. The summed E-state index contributed by atoms with van der Waals surface area (Å²) in [4.78, 5) is 12.0. The molecule has 3 aromatic rings. The fourth-order valence-electron chi connectivity index (χ4n) is 2.26. The van der Waals surface area contributed by atoms with E-state index in [4.69, 9.17) is 0 Å². The van der Waals surface area contributed by atoms with Crippen molar-refractivity contribution < 1.29 is 4.79 Å². The molecule has 3 rings (SSSR count). The molecular weight excluding hydrogens is 364 g/mol. The second kappa shape index (κ2) is 8.82. The van der Waals surface area contributed by atoms with Gasteiger partial charge in [0.05, 0.1) is 5.75 Å². The van der Waals surface area contributed by atoms with Gasteiger partial charge >= 0.3 is 0 Å². The summed E-state index contributed by atoms with van der Waals surface area (Å²) in [6, 6.07) is 16.1. The van der Waals surface area contributed by atoms with Crippen molar-refractivity contribution in [1.82, 2.24) is 15.5 Å². The van der Waals surface area contributed by atoms with Crippen molar-refractivity contribution in [1.29, 1.82) is 0 Å². The average molecular weight is 385 g/mol. The Labute approximate surface area is 161 Å². The van der Waals surface area contributed by atoms with Crippen LogP contribution in [0.1, 0.15) is 16.7 Å². The minimum absolute atomic E-state index is 0.0125. The Hall–Kier alpha value is -2.38. The Morgan fingerprint density at radius 1 is 1.08 bits per heavy atom. The molecule has 0 atom stereocenters. The SMILES string of the molecule is Cc1ccc(Nc2nnc(SCC(=O)NCc3ccccc3C)s2)cc1. The van der Waals surface area contributed by atoms with Crippen molar-refractivity contribution in [3.8, 4) is 0 Å². The van der Waals surface area contributed by atoms with Crippen LogP contribution in [0.2, 0.25) is 0 Å². The van der Waals surface area contributed by atoms with Gasteiger partial charge in [-0.15, -0.1) is 10.2 Å². The number of nitrogens with zero attached hydrogens (tertiary/aromatic N) is 2. The van der Waals surface area contributed by atoms with Crippen LogP contribution in [0.25, 0.3) is 0 Å². The number of rotatable bonds is 7. The van der Waals surface area contributed by atoms with E-state index in [1.54, 1.807) is 0 Å². The van der Waals surface area contributed by atoms with Gasteiger partial charge in [0, 0.05) is 12.2 Å². The lowest BCUT2D eigenvalue weighted by Gasteiger charge is -2.07. The van der Waals surface area contributed by atoms with Crippen LogP contribution in [-0.2, 0) is 11.3 Å². The van der Waals surface area contributed by atoms with Crippen molar-refractivity contribution in [2.75, 3.05) is 11.1 Å². The fraction of sp³-hybridized carbons (Fsp3) is 0.211. The molecule has 0 unspecified atom stereocenters. The fourth-order valence-corrected chi connectivity index (χ4v) is 3.86. The number of nitrogens with one attached hydrogen (secondary N) is 2. The molecule has 0 aliphatic carbocycles. The maximum absolute atomic E-state index is 12.0. The van der Waals surface area contributed by atoms with E-state index in [0.717, 1.165) is 20.7 Å². The largest absolute Gasteiger partial charge is 0.351 e. The van der Waals surface area contributed by atoms with Crippen LogP contribution in [0.3, 0.4) is 0 Å². The molecule has 0 aliphatic rings. The molecule has 1 heterocycles. The summed E-state index contributed by atoms with van der Waals surface area (Å²) in [5, 5.41) is 15.1. The van der Waals surface area contributed by atoms with Gasteiger partial charge < -0.3 is 10.6 Å². The highest BCUT2D eigenvalue weighted by Crippen LogP contribution is 2.27. The standard InChI is InChI=1S/C19H20N4OS2/c1-13-7-9-16(10-8-13)21-18-22-23-19(26-18)25-12-17(24)20-11-15-6-4-3-5-14(15)2/h3-10H,11-12H2,1-2H3,(H,20,24)(H,21,22). The van der Waals surface area contributed by atoms with Crippen molar-refractivity contribution in [3.63, 3.8) is 0 Å². The van der Waals surface area contributed by atoms with Gasteiger partial charge in [-0.1, -0.05) is 65.1 Å². The van der Waals surface area contributed by atoms with Crippen molar-refractivity contribution >= 4 is 39.8 Å². The van der Waals surface area contributed by atoms with Crippen LogP contribution in [0, 0.1) is 13.8 Å². The lowest BCUT2D eigenvalue weighted by Crippen LogP contribution is -2.24. The number of hydrogen-bond acceptors (Lipinski definition) is 6. The van der Waals surface area contributed by atoms with E-state index in [2.05, 4.69) is 20.8 Å². The van der Waals surface area contributed by atoms with Gasteiger partial charge in [-0.2, -0.15) is 0 Å². The third-order valence-corrected chi connectivity index (χ3v) is 5.75. The molecule has 1 aromatic heterocycles. The Kier molecular flexibility index (Phi) is 6.25. The number of benzene rings is 2. The number of anilines is 2. The van der Waals surface area contributed by atoms with E-state index >= 15 is 0 Å². The van der Waals surface area contributed by atoms with E-state index in [0.29, 0.717) is 12.3 Å². The van der Waals surface area contributed by atoms with E-state index in [1.807, 2.05) is 62.4 Å². The van der Waals surface area contributed by atoms with E-state index in [-0.39, 0.29) is 5.91 Å². The number of carbonyl (C=O) groups excluding carboxylic acids is 1. The molecule has 0 aliphatic heterocycles. The second-order valence-corrected chi connectivity index (χ2v) is 8.06. The van der Waals surface area contributed by atoms with Crippen LogP contribution < -0.4 is 10.6 Å². The first kappa shape index (κ1) is 18.4. The normalized spacial score (nSPS) is 10.5. The first-order valence-corrected chi connectivity index (χ1v) is 10.0. The summed E-state index contributed by atoms with van der Waals surface area (Å²) in [6.07, 6.45) is 0. The summed E-state index contributed by atoms with van der Waals surface area (Å²) < 4.78 is 0.769. The molecule has 5 nitrogen and oxygen atoms in total. The van der Waals surface area contributed by atoms with Gasteiger partial charge in [0.2, 0.25) is 11.0 Å². The van der Waals surface area contributed by atoms with E-state index in [1.165, 1.54) is 34.2 Å². The number of aryl methyl sites for hydroxylation is 2. The predicted molar refractivity (Wildman–Crippen MR) is 108 cm³/mol. The molecule has 0 saturated heterocycles. The lowest BCUT2D eigenvalue weighted by molar-refractivity contribution is -0.118. The molecule has 7 heteroatoms. The number of aromatic nitrogens is 2. The third-order valence-electron chi connectivity index (χ3n) is 3.77. The maximum Gasteiger partial charge on any atom is 0.230 e. The predicted octanol–water partition coefficient (Wildman–Crippen LogP) is 4.31. The van der Waals surface area contributed by atoms with Gasteiger partial charge in [-0.05, 0) is 37.1 Å². The number of carbonyl (C=O) groups is 1. The zero-order valence-corrected chi connectivity index (χ0v) is 16.3. The summed E-state index contributed by atoms with van der Waals surface area (Å²) >= 11 is 2.84. The first-order valence-electron chi connectivity index (χ1n) is 8.21. The summed E-state index contributed by atoms with van der Waals surface area (Å²) in [6.45, 7) is 4.64. The Bertz CT molecular complexity index is 877. The van der Waals surface area contributed by atoms with Crippen molar-refractivity contribution in [2.45, 2.75) is 24.7 Å². The van der Waals surface area contributed by atoms with Crippen LogP contribution >= 0.6 is 23.1 Å². The molecule has 0 saturated carbocycles. The molecule has 0 spiro atoms. The van der Waals surface area contributed by atoms with E-state index in [9.17, 15) is 4.79 Å². The summed E-state index contributed by atoms with van der Waals surface area (Å²) in [5.74, 6) is 0.312. The highest BCUT2D eigenvalue weighted by Gasteiger charge is 2.09. The summed E-state index contributed by atoms with van der Waals surface area (Å²) in [5.41, 5.74) is 4.49. The molecule has 0 radical (unpaired) electrons. The van der Waals surface area contributed by atoms with Crippen LogP contribution in [-0.4, -0.2) is 21.9 Å². The molecule has 0 bridgehead atoms. The average Bonchev–Trinajstić information content (AvgIpc) is 3.09. The minimum atomic E-state index is -0.0125. The first-order chi connectivity index (χ1) is 12.6. The van der Waals surface area contributed by atoms with Gasteiger partial charge in [0.25, 0.3) is 0 Å². The summed E-state index contributed by atoms with van der Waals surface area (Å²) in [7, 11) is 0. The zero-order valence-electron chi connectivity index (χ0n) is 14.7. The molecule has 134 valence electrons. The lowest BCUT2D eigenvalue weighted by atomic mass is 10.1. The molecule has 2 N–H and O–H groups in total. The smallest absolute Gasteiger partial charge is 0.230 e. The van der Waals surface area contributed by atoms with Crippen molar-refractivity contribution in [2.24, 2.45) is 0 Å². The maximum atomic E-state index is 12.0. The Balaban J connectivity index is 1.46. The van der Waals surface area contributed by atoms with Gasteiger partial charge in [0.15, 0.2) is 4.34 Å². The minimum Gasteiger partial charge on any atom is -0.351 e. The Morgan fingerprint density at radius 2 is 1.85 bits per heavy atom. The van der Waals surface area contributed by atoms with Crippen LogP contribution in [0.15, 0.2) is 52.9 Å². The van der Waals surface area contributed by atoms with E-state index < -0.39 is 0 Å². The molecule has 1 amide bonds. The molecular formula is C19H20N4OS2. The number of thioether (sulfide) groups is 1. The van der Waals surface area contributed by atoms with Gasteiger partial charge in [-0.3, -0.25) is 4.79 Å². The molecule has 0 fully saturated rings. The highest BCUT2D eigenvalue weighted by molar-refractivity contribution is 8.01. The quantitative estimate of drug-likeness (QED) is 0.594. The van der Waals surface area contributed by atoms with Crippen LogP contribution in [0.5, 0.6) is 0 Å². The number of amides is 1. The van der Waals surface area contributed by atoms with Crippen LogP contribution in [0.4, 0.5) is 10.8 Å².